The number of nitrogens with one attached hydrogen (secondary N) is 1. The van der Waals surface area contributed by atoms with Crippen LogP contribution < -0.4 is 21.2 Å². The summed E-state index contributed by atoms with van der Waals surface area (Å²) in [6.07, 6.45) is 1.88. The van der Waals surface area contributed by atoms with E-state index in [1.54, 1.807) is 0 Å². The number of nitrogens with zero attached hydrogens (tertiary/aromatic N) is 2. The van der Waals surface area contributed by atoms with E-state index in [0.29, 0.717) is 6.54 Å². The third kappa shape index (κ3) is 4.88. The van der Waals surface area contributed by atoms with Crippen LogP contribution in [0.4, 0.5) is 0 Å². The van der Waals surface area contributed by atoms with E-state index in [4.69, 9.17) is 0 Å². The summed E-state index contributed by atoms with van der Waals surface area (Å²) < 4.78 is 14.8. The van der Waals surface area contributed by atoms with E-state index in [1.165, 1.54) is 5.69 Å². The Morgan fingerprint density at radius 2 is 1.43 bits per heavy atom. The largest absolute Gasteiger partial charge is 0.311 e. The Morgan fingerprint density at radius 1 is 0.829 bits per heavy atom. The van der Waals surface area contributed by atoms with Crippen LogP contribution >= 0.6 is 7.14 Å². The molecule has 35 heavy (non-hydrogen) atoms. The SMILES string of the molecule is CC1(c2ccccn2)CN(CCNCc2ccccc2P(=O)(c2ccccc2)c2ccccc2)C1. The van der Waals surface area contributed by atoms with Gasteiger partial charge in [-0.25, -0.2) is 0 Å². The molecule has 0 aliphatic carbocycles. The molecule has 0 amide bonds. The van der Waals surface area contributed by atoms with Crippen molar-refractivity contribution in [3.8, 4) is 0 Å². The van der Waals surface area contributed by atoms with Crippen LogP contribution in [0.25, 0.3) is 0 Å². The van der Waals surface area contributed by atoms with Gasteiger partial charge in [0.2, 0.25) is 0 Å². The standard InChI is InChI=1S/C30H32N3OP/c1-30(29-18-10-11-19-32-29)23-33(24-30)21-20-31-22-25-12-8-9-17-28(25)35(34,26-13-4-2-5-14-26)27-15-6-3-7-16-27/h2-19,31H,20-24H2,1H3. The van der Waals surface area contributed by atoms with E-state index in [0.717, 1.165) is 47.7 Å². The van der Waals surface area contributed by atoms with Crippen LogP contribution in [0.2, 0.25) is 0 Å². The third-order valence-corrected chi connectivity index (χ3v) is 10.1. The smallest absolute Gasteiger partial charge is 0.171 e. The van der Waals surface area contributed by atoms with Crippen molar-refractivity contribution in [2.24, 2.45) is 0 Å². The highest BCUT2D eigenvalue weighted by Gasteiger charge is 2.40. The monoisotopic (exact) mass is 481 g/mol. The van der Waals surface area contributed by atoms with Gasteiger partial charge in [0, 0.05) is 65.9 Å². The molecule has 2 heterocycles. The molecule has 0 bridgehead atoms. The molecular weight excluding hydrogens is 449 g/mol. The molecular formula is C30H32N3OP. The van der Waals surface area contributed by atoms with Crippen molar-refractivity contribution in [3.05, 3.63) is 121 Å². The van der Waals surface area contributed by atoms with Gasteiger partial charge in [-0.05, 0) is 17.7 Å². The number of likely N-dealkylation sites (tertiary alicyclic amines) is 1. The predicted octanol–water partition coefficient (Wildman–Crippen LogP) is 4.08. The quantitative estimate of drug-likeness (QED) is 0.289. The molecule has 0 saturated carbocycles. The van der Waals surface area contributed by atoms with Gasteiger partial charge in [0.05, 0.1) is 0 Å². The number of rotatable bonds is 9. The van der Waals surface area contributed by atoms with E-state index < -0.39 is 7.14 Å². The average Bonchev–Trinajstić information content (AvgIpc) is 2.91. The van der Waals surface area contributed by atoms with Crippen molar-refractivity contribution in [2.45, 2.75) is 18.9 Å². The summed E-state index contributed by atoms with van der Waals surface area (Å²) in [4.78, 5) is 7.02. The highest BCUT2D eigenvalue weighted by Crippen LogP contribution is 2.43. The molecule has 1 saturated heterocycles. The van der Waals surface area contributed by atoms with Crippen LogP contribution in [-0.2, 0) is 16.5 Å². The predicted molar refractivity (Wildman–Crippen MR) is 146 cm³/mol. The number of aromatic nitrogens is 1. The first-order valence-electron chi connectivity index (χ1n) is 12.2. The molecule has 0 spiro atoms. The normalized spacial score (nSPS) is 15.5. The van der Waals surface area contributed by atoms with E-state index in [1.807, 2.05) is 91.1 Å². The minimum absolute atomic E-state index is 0.145. The van der Waals surface area contributed by atoms with Gasteiger partial charge in [0.1, 0.15) is 0 Å². The Morgan fingerprint density at radius 3 is 2.06 bits per heavy atom. The lowest BCUT2D eigenvalue weighted by Gasteiger charge is -2.47. The van der Waals surface area contributed by atoms with Crippen molar-refractivity contribution in [1.82, 2.24) is 15.2 Å². The zero-order chi connectivity index (χ0) is 24.1. The maximum absolute atomic E-state index is 14.8. The van der Waals surface area contributed by atoms with Crippen molar-refractivity contribution in [1.29, 1.82) is 0 Å². The second-order valence-electron chi connectivity index (χ2n) is 9.57. The molecule has 4 aromatic rings. The fourth-order valence-corrected chi connectivity index (χ4v) is 8.00. The second-order valence-corrected chi connectivity index (χ2v) is 12.3. The molecule has 5 heteroatoms. The fraction of sp³-hybridized carbons (Fsp3) is 0.233. The summed E-state index contributed by atoms with van der Waals surface area (Å²) in [6.45, 7) is 6.90. The van der Waals surface area contributed by atoms with Gasteiger partial charge in [-0.15, -0.1) is 0 Å². The Balaban J connectivity index is 1.28. The van der Waals surface area contributed by atoms with Crippen LogP contribution in [0.1, 0.15) is 18.2 Å². The van der Waals surface area contributed by atoms with Gasteiger partial charge in [0.15, 0.2) is 7.14 Å². The Hall–Kier alpha value is -3.04. The first kappa shape index (κ1) is 23.7. The maximum atomic E-state index is 14.8. The summed E-state index contributed by atoms with van der Waals surface area (Å²) >= 11 is 0. The number of hydrogen-bond acceptors (Lipinski definition) is 4. The topological polar surface area (TPSA) is 45.2 Å². The number of benzene rings is 3. The van der Waals surface area contributed by atoms with Crippen LogP contribution in [-0.4, -0.2) is 36.1 Å². The molecule has 5 rings (SSSR count). The molecule has 1 aromatic heterocycles. The van der Waals surface area contributed by atoms with Gasteiger partial charge in [0.25, 0.3) is 0 Å². The minimum atomic E-state index is -2.99. The van der Waals surface area contributed by atoms with Gasteiger partial charge in [-0.3, -0.25) is 4.98 Å². The molecule has 0 unspecified atom stereocenters. The molecule has 0 atom stereocenters. The third-order valence-electron chi connectivity index (χ3n) is 6.92. The molecule has 1 fully saturated rings. The van der Waals surface area contributed by atoms with Crippen LogP contribution in [0.3, 0.4) is 0 Å². The van der Waals surface area contributed by atoms with Crippen LogP contribution in [0, 0.1) is 0 Å². The lowest BCUT2D eigenvalue weighted by Crippen LogP contribution is -2.59. The second kappa shape index (κ2) is 10.3. The van der Waals surface area contributed by atoms with E-state index in [9.17, 15) is 4.57 Å². The highest BCUT2D eigenvalue weighted by atomic mass is 31.2. The highest BCUT2D eigenvalue weighted by molar-refractivity contribution is 7.85. The average molecular weight is 482 g/mol. The van der Waals surface area contributed by atoms with Gasteiger partial charge < -0.3 is 14.8 Å². The van der Waals surface area contributed by atoms with Gasteiger partial charge >= 0.3 is 0 Å². The summed E-state index contributed by atoms with van der Waals surface area (Å²) in [5.74, 6) is 0. The molecule has 3 aromatic carbocycles. The lowest BCUT2D eigenvalue weighted by atomic mass is 9.78. The van der Waals surface area contributed by atoms with Crippen molar-refractivity contribution in [3.63, 3.8) is 0 Å². The molecule has 178 valence electrons. The van der Waals surface area contributed by atoms with Crippen LogP contribution in [0.5, 0.6) is 0 Å². The molecule has 0 radical (unpaired) electrons. The Kier molecular flexibility index (Phi) is 6.97. The summed E-state index contributed by atoms with van der Waals surface area (Å²) in [7, 11) is -2.99. The zero-order valence-electron chi connectivity index (χ0n) is 20.2. The Labute approximate surface area is 208 Å². The molecule has 1 aliphatic heterocycles. The van der Waals surface area contributed by atoms with Crippen molar-refractivity contribution >= 4 is 23.1 Å². The fourth-order valence-electron chi connectivity index (χ4n) is 5.11. The van der Waals surface area contributed by atoms with Gasteiger partial charge in [-0.2, -0.15) is 0 Å². The molecule has 4 nitrogen and oxygen atoms in total. The molecule has 1 N–H and O–H groups in total. The zero-order valence-corrected chi connectivity index (χ0v) is 21.1. The summed E-state index contributed by atoms with van der Waals surface area (Å²) in [5.41, 5.74) is 2.41. The first-order chi connectivity index (χ1) is 17.1. The van der Waals surface area contributed by atoms with Crippen LogP contribution in [0.15, 0.2) is 109 Å². The number of pyridine rings is 1. The van der Waals surface area contributed by atoms with Crippen molar-refractivity contribution in [2.75, 3.05) is 26.2 Å². The lowest BCUT2D eigenvalue weighted by molar-refractivity contribution is 0.0762. The van der Waals surface area contributed by atoms with E-state index >= 15 is 0 Å². The van der Waals surface area contributed by atoms with E-state index in [-0.39, 0.29) is 5.41 Å². The maximum Gasteiger partial charge on any atom is 0.171 e. The number of hydrogen-bond donors (Lipinski definition) is 1. The molecule has 1 aliphatic rings. The summed E-state index contributed by atoms with van der Waals surface area (Å²) in [5, 5.41) is 6.26. The van der Waals surface area contributed by atoms with Crippen molar-refractivity contribution < 1.29 is 4.57 Å². The first-order valence-corrected chi connectivity index (χ1v) is 13.9. The minimum Gasteiger partial charge on any atom is -0.311 e. The summed E-state index contributed by atoms with van der Waals surface area (Å²) in [6, 6.07) is 34.1. The van der Waals surface area contributed by atoms with E-state index in [2.05, 4.69) is 40.3 Å². The van der Waals surface area contributed by atoms with Gasteiger partial charge in [-0.1, -0.05) is 97.9 Å². The Bertz CT molecular complexity index is 1250.